The Kier molecular flexibility index (Phi) is 3.73. The van der Waals surface area contributed by atoms with Gasteiger partial charge in [-0.3, -0.25) is 0 Å². The molecule has 2 rings (SSSR count). The zero-order valence-electron chi connectivity index (χ0n) is 8.98. The molecule has 2 aromatic carbocycles. The third kappa shape index (κ3) is 2.73. The van der Waals surface area contributed by atoms with E-state index in [1.165, 1.54) is 6.07 Å². The quantitative estimate of drug-likeness (QED) is 0.617. The number of halogens is 4. The summed E-state index contributed by atoms with van der Waals surface area (Å²) in [5, 5.41) is 3.27. The number of rotatable bonds is 2. The maximum absolute atomic E-state index is 13.5. The average Bonchev–Trinajstić information content (AvgIpc) is 2.29. The summed E-state index contributed by atoms with van der Waals surface area (Å²) in [6, 6.07) is 6.88. The lowest BCUT2D eigenvalue weighted by atomic mass is 10.2. The first-order chi connectivity index (χ1) is 8.47. The summed E-state index contributed by atoms with van der Waals surface area (Å²) in [5.74, 6) is -1.37. The monoisotopic (exact) mass is 332 g/mol. The minimum absolute atomic E-state index is 0.122. The molecule has 2 aromatic rings. The highest BCUT2D eigenvalue weighted by atomic mass is 79.9. The van der Waals surface area contributed by atoms with Crippen LogP contribution in [-0.2, 0) is 0 Å². The van der Waals surface area contributed by atoms with Crippen LogP contribution < -0.4 is 11.1 Å². The summed E-state index contributed by atoms with van der Waals surface area (Å²) in [4.78, 5) is 0. The molecule has 0 heterocycles. The lowest BCUT2D eigenvalue weighted by Gasteiger charge is -2.11. The van der Waals surface area contributed by atoms with Crippen LogP contribution >= 0.6 is 27.5 Å². The Morgan fingerprint density at radius 2 is 1.78 bits per heavy atom. The van der Waals surface area contributed by atoms with Gasteiger partial charge in [-0.15, -0.1) is 0 Å². The summed E-state index contributed by atoms with van der Waals surface area (Å²) in [7, 11) is 0. The fourth-order valence-corrected chi connectivity index (χ4v) is 1.93. The van der Waals surface area contributed by atoms with Gasteiger partial charge in [-0.05, 0) is 40.2 Å². The standard InChI is InChI=1S/C12H8BrClF2N2/c13-7-4-12(9(16)5-8(7)15)18-11-2-1-6(14)3-10(11)17/h1-5,18H,17H2. The third-order valence-corrected chi connectivity index (χ3v) is 3.14. The lowest BCUT2D eigenvalue weighted by Crippen LogP contribution is -1.99. The number of benzene rings is 2. The summed E-state index contributed by atoms with van der Waals surface area (Å²) in [6.07, 6.45) is 0. The normalized spacial score (nSPS) is 10.4. The molecule has 0 bridgehead atoms. The van der Waals surface area contributed by atoms with Crippen molar-refractivity contribution in [1.29, 1.82) is 0 Å². The molecule has 0 aliphatic carbocycles. The third-order valence-electron chi connectivity index (χ3n) is 2.29. The Hall–Kier alpha value is -1.33. The number of hydrogen-bond donors (Lipinski definition) is 2. The van der Waals surface area contributed by atoms with E-state index < -0.39 is 11.6 Å². The van der Waals surface area contributed by atoms with Crippen LogP contribution in [0.25, 0.3) is 0 Å². The molecule has 0 spiro atoms. The Morgan fingerprint density at radius 3 is 2.44 bits per heavy atom. The minimum atomic E-state index is -0.704. The largest absolute Gasteiger partial charge is 0.397 e. The van der Waals surface area contributed by atoms with Crippen molar-refractivity contribution in [3.05, 3.63) is 51.5 Å². The molecule has 2 nitrogen and oxygen atoms in total. The van der Waals surface area contributed by atoms with Crippen LogP contribution in [0.3, 0.4) is 0 Å². The van der Waals surface area contributed by atoms with Crippen molar-refractivity contribution in [3.63, 3.8) is 0 Å². The highest BCUT2D eigenvalue weighted by Crippen LogP contribution is 2.30. The number of anilines is 3. The first kappa shape index (κ1) is 13.1. The highest BCUT2D eigenvalue weighted by molar-refractivity contribution is 9.10. The molecule has 0 saturated carbocycles. The Morgan fingerprint density at radius 1 is 1.06 bits per heavy atom. The zero-order valence-corrected chi connectivity index (χ0v) is 11.3. The van der Waals surface area contributed by atoms with Crippen LogP contribution in [0, 0.1) is 11.6 Å². The summed E-state index contributed by atoms with van der Waals surface area (Å²) in [6.45, 7) is 0. The van der Waals surface area contributed by atoms with Gasteiger partial charge >= 0.3 is 0 Å². The van der Waals surface area contributed by atoms with Crippen LogP contribution in [-0.4, -0.2) is 0 Å². The molecule has 0 unspecified atom stereocenters. The van der Waals surface area contributed by atoms with E-state index in [1.807, 2.05) is 0 Å². The molecule has 0 atom stereocenters. The van der Waals surface area contributed by atoms with Gasteiger partial charge in [0.2, 0.25) is 0 Å². The van der Waals surface area contributed by atoms with Gasteiger partial charge in [0.1, 0.15) is 11.6 Å². The van der Waals surface area contributed by atoms with Crippen LogP contribution in [0.4, 0.5) is 25.8 Å². The van der Waals surface area contributed by atoms with Crippen molar-refractivity contribution in [1.82, 2.24) is 0 Å². The molecule has 0 saturated heterocycles. The second-order valence-corrected chi connectivity index (χ2v) is 4.89. The van der Waals surface area contributed by atoms with Crippen LogP contribution in [0.2, 0.25) is 5.02 Å². The van der Waals surface area contributed by atoms with Crippen molar-refractivity contribution in [3.8, 4) is 0 Å². The van der Waals surface area contributed by atoms with E-state index in [9.17, 15) is 8.78 Å². The first-order valence-corrected chi connectivity index (χ1v) is 6.11. The smallest absolute Gasteiger partial charge is 0.149 e. The van der Waals surface area contributed by atoms with Gasteiger partial charge in [-0.25, -0.2) is 8.78 Å². The van der Waals surface area contributed by atoms with E-state index in [-0.39, 0.29) is 10.2 Å². The van der Waals surface area contributed by atoms with Gasteiger partial charge in [0.05, 0.1) is 21.5 Å². The van der Waals surface area contributed by atoms with Gasteiger partial charge in [0, 0.05) is 11.1 Å². The number of nitrogens with one attached hydrogen (secondary N) is 1. The van der Waals surface area contributed by atoms with Crippen molar-refractivity contribution in [2.24, 2.45) is 0 Å². The molecule has 6 heteroatoms. The molecule has 0 aliphatic rings. The number of hydrogen-bond acceptors (Lipinski definition) is 2. The molecule has 0 fully saturated rings. The molecule has 0 aromatic heterocycles. The SMILES string of the molecule is Nc1cc(Cl)ccc1Nc1cc(Br)c(F)cc1F. The summed E-state index contributed by atoms with van der Waals surface area (Å²) in [5.41, 5.74) is 6.73. The molecular formula is C12H8BrClF2N2. The second kappa shape index (κ2) is 5.12. The molecule has 18 heavy (non-hydrogen) atoms. The maximum Gasteiger partial charge on any atom is 0.149 e. The lowest BCUT2D eigenvalue weighted by molar-refractivity contribution is 0.581. The van der Waals surface area contributed by atoms with Gasteiger partial charge < -0.3 is 11.1 Å². The molecule has 0 radical (unpaired) electrons. The Labute approximate surface area is 116 Å². The fourth-order valence-electron chi connectivity index (χ4n) is 1.41. The summed E-state index contributed by atoms with van der Waals surface area (Å²) >= 11 is 8.75. The van der Waals surface area contributed by atoms with E-state index in [0.29, 0.717) is 16.4 Å². The van der Waals surface area contributed by atoms with Crippen molar-refractivity contribution in [2.45, 2.75) is 0 Å². The maximum atomic E-state index is 13.5. The molecule has 3 N–H and O–H groups in total. The van der Waals surface area contributed by atoms with Crippen LogP contribution in [0.1, 0.15) is 0 Å². The average molecular weight is 334 g/mol. The van der Waals surface area contributed by atoms with E-state index in [2.05, 4.69) is 21.2 Å². The number of nitrogens with two attached hydrogens (primary N) is 1. The van der Waals surface area contributed by atoms with Gasteiger partial charge in [0.15, 0.2) is 0 Å². The van der Waals surface area contributed by atoms with Crippen LogP contribution in [0.5, 0.6) is 0 Å². The zero-order chi connectivity index (χ0) is 13.3. The topological polar surface area (TPSA) is 38.0 Å². The van der Waals surface area contributed by atoms with Crippen molar-refractivity contribution < 1.29 is 8.78 Å². The Balaban J connectivity index is 2.37. The fraction of sp³-hybridized carbons (Fsp3) is 0. The molecule has 0 aliphatic heterocycles. The van der Waals surface area contributed by atoms with Gasteiger partial charge in [-0.1, -0.05) is 11.6 Å². The predicted molar refractivity (Wildman–Crippen MR) is 73.2 cm³/mol. The Bertz CT molecular complexity index is 605. The second-order valence-electron chi connectivity index (χ2n) is 3.60. The highest BCUT2D eigenvalue weighted by Gasteiger charge is 2.09. The predicted octanol–water partition coefficient (Wildman–Crippen LogP) is 4.71. The molecule has 94 valence electrons. The minimum Gasteiger partial charge on any atom is -0.397 e. The van der Waals surface area contributed by atoms with Crippen LogP contribution in [0.15, 0.2) is 34.8 Å². The first-order valence-electron chi connectivity index (χ1n) is 4.94. The van der Waals surface area contributed by atoms with E-state index in [1.54, 1.807) is 18.2 Å². The molecule has 0 amide bonds. The van der Waals surface area contributed by atoms with E-state index in [4.69, 9.17) is 17.3 Å². The van der Waals surface area contributed by atoms with E-state index >= 15 is 0 Å². The van der Waals surface area contributed by atoms with Crippen molar-refractivity contribution >= 4 is 44.6 Å². The van der Waals surface area contributed by atoms with Gasteiger partial charge in [0.25, 0.3) is 0 Å². The summed E-state index contributed by atoms with van der Waals surface area (Å²) < 4.78 is 26.8. The van der Waals surface area contributed by atoms with Crippen molar-refractivity contribution in [2.75, 3.05) is 11.1 Å². The molecular weight excluding hydrogens is 325 g/mol. The number of nitrogen functional groups attached to an aromatic ring is 1. The van der Waals surface area contributed by atoms with E-state index in [0.717, 1.165) is 6.07 Å². The van der Waals surface area contributed by atoms with Gasteiger partial charge in [-0.2, -0.15) is 0 Å².